The van der Waals surface area contributed by atoms with Gasteiger partial charge in [-0.3, -0.25) is 0 Å². The number of fused-ring (bicyclic) bond motifs is 11. The molecular formula is C55H45BN2O2S. The third-order valence-corrected chi connectivity index (χ3v) is 16.2. The van der Waals surface area contributed by atoms with E-state index >= 15 is 0 Å². The molecule has 0 spiro atoms. The van der Waals surface area contributed by atoms with Crippen LogP contribution in [0.5, 0.6) is 0 Å². The molecule has 0 saturated heterocycles. The molecular weight excluding hydrogens is 763 g/mol. The van der Waals surface area contributed by atoms with Crippen molar-refractivity contribution in [3.8, 4) is 22.3 Å². The lowest BCUT2D eigenvalue weighted by Crippen LogP contribution is -2.29. The van der Waals surface area contributed by atoms with Gasteiger partial charge in [0.1, 0.15) is 30.2 Å². The molecule has 6 heteroatoms. The summed E-state index contributed by atoms with van der Waals surface area (Å²) in [7, 11) is 0.967. The zero-order valence-corrected chi connectivity index (χ0v) is 35.8. The number of hydrogen-bond donors (Lipinski definition) is 0. The maximum absolute atomic E-state index is 6.96. The van der Waals surface area contributed by atoms with E-state index in [4.69, 9.17) is 8.83 Å². The summed E-state index contributed by atoms with van der Waals surface area (Å²) in [6.45, 7) is 2.98. The van der Waals surface area contributed by atoms with Gasteiger partial charge in [0.25, 0.3) is 0 Å². The van der Waals surface area contributed by atoms with Crippen molar-refractivity contribution >= 4 is 95.7 Å². The number of rotatable bonds is 7. The molecule has 0 N–H and O–H groups in total. The Morgan fingerprint density at radius 2 is 1.30 bits per heavy atom. The second kappa shape index (κ2) is 13.7. The zero-order chi connectivity index (χ0) is 41.0. The first-order chi connectivity index (χ1) is 29.9. The molecule has 2 aliphatic heterocycles. The highest BCUT2D eigenvalue weighted by atomic mass is 32.3. The summed E-state index contributed by atoms with van der Waals surface area (Å²) in [4.78, 5) is 8.02. The second-order valence-electron chi connectivity index (χ2n) is 17.1. The molecule has 0 atom stereocenters. The molecule has 0 unspecified atom stereocenters. The van der Waals surface area contributed by atoms with Crippen LogP contribution >= 0.6 is 10.0 Å². The van der Waals surface area contributed by atoms with Gasteiger partial charge in [-0.05, 0) is 91.1 Å². The van der Waals surface area contributed by atoms with E-state index in [1.807, 2.05) is 0 Å². The lowest BCUT2D eigenvalue weighted by molar-refractivity contribution is 0.668. The molecule has 2 aliphatic rings. The van der Waals surface area contributed by atoms with Crippen molar-refractivity contribution in [1.29, 1.82) is 0 Å². The number of para-hydroxylation sites is 4. The van der Waals surface area contributed by atoms with Gasteiger partial charge >= 0.3 is 0 Å². The Morgan fingerprint density at radius 1 is 0.607 bits per heavy atom. The minimum atomic E-state index is -1.30. The maximum atomic E-state index is 6.96. The zero-order valence-electron chi connectivity index (χ0n) is 35.0. The Morgan fingerprint density at radius 3 is 2.10 bits per heavy atom. The van der Waals surface area contributed by atoms with Crippen molar-refractivity contribution in [2.24, 2.45) is 0 Å². The first-order valence-electron chi connectivity index (χ1n) is 21.5. The molecule has 0 radical (unpaired) electrons. The van der Waals surface area contributed by atoms with Crippen LogP contribution in [-0.2, 0) is 13.0 Å². The van der Waals surface area contributed by atoms with E-state index in [0.717, 1.165) is 74.8 Å². The predicted octanol–water partition coefficient (Wildman–Crippen LogP) is 14.3. The number of nitrogens with zero attached hydrogens (tertiary/aromatic N) is 2. The topological polar surface area (TPSA) is 32.8 Å². The molecule has 0 saturated carbocycles. The fourth-order valence-electron chi connectivity index (χ4n) is 10.4. The predicted molar refractivity (Wildman–Crippen MR) is 262 cm³/mol. The summed E-state index contributed by atoms with van der Waals surface area (Å²) in [6, 6.07) is 58.0. The number of anilines is 5. The van der Waals surface area contributed by atoms with Crippen molar-refractivity contribution in [1.82, 2.24) is 0 Å². The van der Waals surface area contributed by atoms with Crippen LogP contribution < -0.4 is 15.3 Å². The molecule has 2 aromatic heterocycles. The fourth-order valence-corrected chi connectivity index (χ4v) is 12.9. The van der Waals surface area contributed by atoms with Gasteiger partial charge in [0.15, 0.2) is 0 Å². The molecule has 8 aromatic carbocycles. The number of unbranched alkanes of at least 4 members (excludes halogenated alkanes) is 1. The molecule has 0 bridgehead atoms. The second-order valence-corrected chi connectivity index (χ2v) is 20.6. The normalized spacial score (nSPS) is 14.3. The van der Waals surface area contributed by atoms with E-state index in [-0.39, 0.29) is 0 Å². The SMILES string of the molecule is Bc1c(N(c2ccc(CCCC)cc2-c2ccccc2)c2cc3oc4ccccc4c3c3c2CN2c4ccccc4S(C)(C)c4cccc-3c42)ccc2oc3ccccc3c12. The van der Waals surface area contributed by atoms with Gasteiger partial charge in [-0.2, -0.15) is 10.0 Å². The highest BCUT2D eigenvalue weighted by molar-refractivity contribution is 8.33. The van der Waals surface area contributed by atoms with Gasteiger partial charge in [-0.25, -0.2) is 0 Å². The minimum absolute atomic E-state index is 0.707. The maximum Gasteiger partial charge on any atom is 0.143 e. The van der Waals surface area contributed by atoms with Crippen LogP contribution in [0.1, 0.15) is 30.9 Å². The molecule has 12 rings (SSSR count). The van der Waals surface area contributed by atoms with Gasteiger partial charge in [0, 0.05) is 65.3 Å². The van der Waals surface area contributed by atoms with E-state index in [0.29, 0.717) is 6.54 Å². The molecule has 10 aromatic rings. The Bertz CT molecular complexity index is 3400. The van der Waals surface area contributed by atoms with E-state index in [1.54, 1.807) is 0 Å². The van der Waals surface area contributed by atoms with Crippen LogP contribution in [0, 0.1) is 0 Å². The number of hydrogen-bond acceptors (Lipinski definition) is 4. The third kappa shape index (κ3) is 5.34. The summed E-state index contributed by atoms with van der Waals surface area (Å²) in [5.41, 5.74) is 18.3. The minimum Gasteiger partial charge on any atom is -0.456 e. The average molecular weight is 809 g/mol. The summed E-state index contributed by atoms with van der Waals surface area (Å²) in [5.74, 6) is 0. The molecule has 4 heterocycles. The van der Waals surface area contributed by atoms with Gasteiger partial charge in [0.05, 0.1) is 29.3 Å². The number of furan rings is 2. The van der Waals surface area contributed by atoms with E-state index < -0.39 is 10.0 Å². The first kappa shape index (κ1) is 36.2. The number of aryl methyl sites for hydroxylation is 1. The Labute approximate surface area is 358 Å². The van der Waals surface area contributed by atoms with Crippen LogP contribution in [-0.4, -0.2) is 20.4 Å². The van der Waals surface area contributed by atoms with Gasteiger partial charge < -0.3 is 18.6 Å². The summed E-state index contributed by atoms with van der Waals surface area (Å²) < 4.78 is 13.5. The Kier molecular flexibility index (Phi) is 8.14. The highest BCUT2D eigenvalue weighted by Gasteiger charge is 2.40. The summed E-state index contributed by atoms with van der Waals surface area (Å²) >= 11 is 0. The molecule has 4 nitrogen and oxygen atoms in total. The largest absolute Gasteiger partial charge is 0.456 e. The van der Waals surface area contributed by atoms with Gasteiger partial charge in [-0.1, -0.05) is 116 Å². The lowest BCUT2D eigenvalue weighted by atomic mass is 9.85. The van der Waals surface area contributed by atoms with E-state index in [9.17, 15) is 0 Å². The van der Waals surface area contributed by atoms with Crippen molar-refractivity contribution in [3.63, 3.8) is 0 Å². The molecule has 61 heavy (non-hydrogen) atoms. The monoisotopic (exact) mass is 808 g/mol. The van der Waals surface area contributed by atoms with Crippen LogP contribution in [0.25, 0.3) is 66.1 Å². The van der Waals surface area contributed by atoms with Crippen LogP contribution in [0.4, 0.5) is 28.4 Å². The fraction of sp³-hybridized carbons (Fsp3) is 0.127. The third-order valence-electron chi connectivity index (χ3n) is 13.3. The Balaban J connectivity index is 1.23. The molecule has 296 valence electrons. The van der Waals surface area contributed by atoms with Crippen LogP contribution in [0.3, 0.4) is 0 Å². The summed E-state index contributed by atoms with van der Waals surface area (Å²) in [5, 5.41) is 4.60. The average Bonchev–Trinajstić information content (AvgIpc) is 3.87. The van der Waals surface area contributed by atoms with Gasteiger partial charge in [0.2, 0.25) is 0 Å². The van der Waals surface area contributed by atoms with Crippen LogP contribution in [0.15, 0.2) is 176 Å². The van der Waals surface area contributed by atoms with Crippen molar-refractivity contribution < 1.29 is 8.83 Å². The lowest BCUT2D eigenvalue weighted by Gasteiger charge is -2.48. The van der Waals surface area contributed by atoms with Gasteiger partial charge in [-0.15, -0.1) is 0 Å². The molecule has 0 amide bonds. The quantitative estimate of drug-likeness (QED) is 0.150. The summed E-state index contributed by atoms with van der Waals surface area (Å²) in [6.07, 6.45) is 8.26. The molecule has 0 fully saturated rings. The highest BCUT2D eigenvalue weighted by Crippen LogP contribution is 2.69. The van der Waals surface area contributed by atoms with Crippen LogP contribution in [0.2, 0.25) is 0 Å². The first-order valence-corrected chi connectivity index (χ1v) is 24.0. The smallest absolute Gasteiger partial charge is 0.143 e. The van der Waals surface area contributed by atoms with Crippen molar-refractivity contribution in [2.75, 3.05) is 22.3 Å². The van der Waals surface area contributed by atoms with E-state index in [2.05, 4.69) is 195 Å². The number of benzene rings is 8. The molecule has 0 aliphatic carbocycles. The Hall–Kier alpha value is -6.63. The van der Waals surface area contributed by atoms with Crippen molar-refractivity contribution in [3.05, 3.63) is 169 Å². The van der Waals surface area contributed by atoms with Crippen molar-refractivity contribution in [2.45, 2.75) is 42.5 Å². The standard InChI is InChI=1S/C55H45BN2O2S/c1-4-5-16-34-27-28-41(39(31-34)35-17-7-6-8-18-35)58(43-29-30-47-53(54(43)56)37-20-10-13-24-46(37)59-47)44-32-48-52(36-19-9-12-23-45(36)60-48)51-38-21-15-26-50-55(38)57(33-40(44)51)42-22-11-14-25-49(42)61(50,2)3/h6-15,17-32H,4-5,16,33,56H2,1-3H3. The van der Waals surface area contributed by atoms with E-state index in [1.165, 1.54) is 65.4 Å².